The zero-order valence-electron chi connectivity index (χ0n) is 43.0. The monoisotopic (exact) mass is 1060 g/mol. The second kappa shape index (κ2) is 36.6. The highest BCUT2D eigenvalue weighted by molar-refractivity contribution is 6.03. The zero-order chi connectivity index (χ0) is 55.8. The van der Waals surface area contributed by atoms with Crippen molar-refractivity contribution in [3.05, 3.63) is 11.8 Å². The van der Waals surface area contributed by atoms with E-state index < -0.39 is 151 Å². The van der Waals surface area contributed by atoms with Crippen LogP contribution in [0.25, 0.3) is 0 Å². The Morgan fingerprint density at radius 2 is 1.20 bits per heavy atom. The number of cyclic esters (lactones) is 1. The lowest BCUT2D eigenvalue weighted by Crippen LogP contribution is -2.60. The maximum Gasteiger partial charge on any atom is 0.331 e. The largest absolute Gasteiger partial charge is 0.481 e. The van der Waals surface area contributed by atoms with Crippen LogP contribution in [0.5, 0.6) is 0 Å². The summed E-state index contributed by atoms with van der Waals surface area (Å²) in [7, 11) is 0. The van der Waals surface area contributed by atoms with Gasteiger partial charge in [-0.1, -0.05) is 77.2 Å². The number of nitrogens with one attached hydrogen (secondary N) is 9. The quantitative estimate of drug-likeness (QED) is 0.0264. The van der Waals surface area contributed by atoms with E-state index in [4.69, 9.17) is 16.2 Å². The summed E-state index contributed by atoms with van der Waals surface area (Å²) in [6, 6.07) is -12.2. The molecule has 0 saturated carbocycles. The lowest BCUT2D eigenvalue weighted by atomic mass is 10.1. The molecule has 0 spiro atoms. The van der Waals surface area contributed by atoms with Crippen molar-refractivity contribution in [1.82, 2.24) is 47.9 Å². The minimum Gasteiger partial charge on any atom is -0.481 e. The van der Waals surface area contributed by atoms with Crippen molar-refractivity contribution in [1.29, 1.82) is 0 Å². The van der Waals surface area contributed by atoms with Crippen molar-refractivity contribution in [2.24, 2.45) is 11.5 Å². The predicted octanol–water partition coefficient (Wildman–Crippen LogP) is -3.91. The number of aliphatic carboxylic acids is 1. The second-order valence-corrected chi connectivity index (χ2v) is 18.0. The summed E-state index contributed by atoms with van der Waals surface area (Å²) < 4.78 is 5.31. The number of amides is 9. The molecular formula is C47H81N11O16. The molecule has 1 aliphatic rings. The molecule has 0 aliphatic carbocycles. The van der Waals surface area contributed by atoms with E-state index in [-0.39, 0.29) is 38.8 Å². The van der Waals surface area contributed by atoms with E-state index in [2.05, 4.69) is 54.8 Å². The molecular weight excluding hydrogens is 975 g/mol. The molecule has 9 amide bonds. The smallest absolute Gasteiger partial charge is 0.331 e. The number of unbranched alkanes of at least 4 members (excludes halogenated alkanes) is 10. The van der Waals surface area contributed by atoms with E-state index in [0.717, 1.165) is 52.0 Å². The van der Waals surface area contributed by atoms with Crippen molar-refractivity contribution >= 4 is 65.1 Å². The van der Waals surface area contributed by atoms with Gasteiger partial charge in [0.25, 0.3) is 5.91 Å². The van der Waals surface area contributed by atoms with E-state index in [1.807, 2.05) is 0 Å². The average molecular weight is 1060 g/mol. The molecule has 5 unspecified atom stereocenters. The number of esters is 1. The molecule has 17 N–H and O–H groups in total. The van der Waals surface area contributed by atoms with Crippen LogP contribution >= 0.6 is 0 Å². The molecule has 9 atom stereocenters. The third-order valence-electron chi connectivity index (χ3n) is 11.6. The maximum atomic E-state index is 13.8. The van der Waals surface area contributed by atoms with Crippen LogP contribution in [0.2, 0.25) is 0 Å². The Labute approximate surface area is 431 Å². The molecule has 1 fully saturated rings. The van der Waals surface area contributed by atoms with Gasteiger partial charge >= 0.3 is 11.9 Å². The van der Waals surface area contributed by atoms with Gasteiger partial charge in [-0.2, -0.15) is 0 Å². The van der Waals surface area contributed by atoms with Crippen molar-refractivity contribution in [3.8, 4) is 0 Å². The Morgan fingerprint density at radius 3 is 1.74 bits per heavy atom. The Kier molecular flexibility index (Phi) is 32.5. The first kappa shape index (κ1) is 65.7. The third kappa shape index (κ3) is 25.6. The van der Waals surface area contributed by atoms with Gasteiger partial charge in [-0.05, 0) is 59.5 Å². The fourth-order valence-corrected chi connectivity index (χ4v) is 7.34. The van der Waals surface area contributed by atoms with Crippen LogP contribution in [0.3, 0.4) is 0 Å². The molecule has 1 aliphatic heterocycles. The number of hydrogen-bond donors (Lipinski definition) is 15. The van der Waals surface area contributed by atoms with Gasteiger partial charge in [0.15, 0.2) is 6.04 Å². The summed E-state index contributed by atoms with van der Waals surface area (Å²) >= 11 is 0. The van der Waals surface area contributed by atoms with E-state index in [0.29, 0.717) is 12.8 Å². The van der Waals surface area contributed by atoms with Gasteiger partial charge in [-0.3, -0.25) is 47.9 Å². The van der Waals surface area contributed by atoms with Crippen LogP contribution < -0.4 is 59.3 Å². The van der Waals surface area contributed by atoms with Crippen LogP contribution in [-0.4, -0.2) is 173 Å². The van der Waals surface area contributed by atoms with Crippen LogP contribution in [0.15, 0.2) is 11.8 Å². The summed E-state index contributed by atoms with van der Waals surface area (Å²) in [4.78, 5) is 146. The number of carboxylic acids is 1. The number of carbonyl (C=O) groups is 11. The number of hydrogen-bond acceptors (Lipinski definition) is 17. The molecule has 0 radical (unpaired) electrons. The van der Waals surface area contributed by atoms with Crippen molar-refractivity contribution in [2.45, 2.75) is 185 Å². The van der Waals surface area contributed by atoms with Gasteiger partial charge in [0, 0.05) is 6.42 Å². The van der Waals surface area contributed by atoms with E-state index in [1.54, 1.807) is 0 Å². The molecule has 1 heterocycles. The molecule has 74 heavy (non-hydrogen) atoms. The first-order valence-electron chi connectivity index (χ1n) is 25.3. The molecule has 1 saturated heterocycles. The summed E-state index contributed by atoms with van der Waals surface area (Å²) in [5, 5.41) is 61.2. The highest BCUT2D eigenvalue weighted by atomic mass is 16.5. The molecule has 420 valence electrons. The number of carbonyl (C=O) groups excluding carboxylic acids is 10. The van der Waals surface area contributed by atoms with Crippen LogP contribution in [0.1, 0.15) is 130 Å². The first-order chi connectivity index (χ1) is 35.1. The lowest BCUT2D eigenvalue weighted by molar-refractivity contribution is -0.153. The lowest BCUT2D eigenvalue weighted by Gasteiger charge is -2.27. The number of rotatable bonds is 23. The Morgan fingerprint density at radius 1 is 0.662 bits per heavy atom. The zero-order valence-corrected chi connectivity index (χ0v) is 43.0. The van der Waals surface area contributed by atoms with Gasteiger partial charge < -0.3 is 84.5 Å². The van der Waals surface area contributed by atoms with Crippen LogP contribution in [-0.2, 0) is 57.5 Å². The third-order valence-corrected chi connectivity index (χ3v) is 11.6. The standard InChI is InChI=1S/C47H81N11O16/c1-5-7-8-9-10-11-12-13-14-15-16-19-35(62)52-34-26-74-47(73)39(28(4)61)58-43(69)32(23-37(64)65)56-41(67)29(6-2)53-46(72)38(27(3)60)57-42(68)30(18-17-21-48)54-44(70)33(25-59)51-36(63)24-50-40(66)31(20-22-49)55-45(34)71/h6,27-28,30-34,38-39,59-61H,5,7-26,48-49H2,1-4H3,(H,50,66)(H,51,63)(H,52,62)(H,53,72)(H,54,70)(H,55,71)(H,56,67)(H,57,68)(H,58,69)(H,64,65)/b29-6-/t27-,28-,30?,31?,32+,33?,34?,38+,39?/m1/s1. The molecule has 27 nitrogen and oxygen atoms in total. The number of aliphatic hydroxyl groups excluding tert-OH is 3. The van der Waals surface area contributed by atoms with Crippen molar-refractivity contribution < 1.29 is 77.9 Å². The SMILES string of the molecule is C/C=C1\NC(=O)[C@H]([C@@H](C)O)NC(=O)C(CCCN)NC(=O)C(CO)NC(=O)CNC(=O)C(CCN)NC(=O)C(NC(=O)CCCCCCCCCCCCC)COC(=O)C([C@@H](C)O)NC(=O)[C@H](CC(=O)O)NC1=O. The summed E-state index contributed by atoms with van der Waals surface area (Å²) in [5.74, 6) is -12.7. The summed E-state index contributed by atoms with van der Waals surface area (Å²) in [6.07, 6.45) is 7.24. The molecule has 0 bridgehead atoms. The first-order valence-corrected chi connectivity index (χ1v) is 25.3. The molecule has 27 heteroatoms. The van der Waals surface area contributed by atoms with Crippen LogP contribution in [0.4, 0.5) is 0 Å². The second-order valence-electron chi connectivity index (χ2n) is 18.0. The minimum absolute atomic E-state index is 0.0185. The molecule has 0 aromatic carbocycles. The van der Waals surface area contributed by atoms with Crippen molar-refractivity contribution in [3.63, 3.8) is 0 Å². The topological polar surface area (TPSA) is 438 Å². The number of allylic oxidation sites excluding steroid dienone is 1. The molecule has 0 aromatic heterocycles. The minimum atomic E-state index is -2.00. The van der Waals surface area contributed by atoms with Gasteiger partial charge in [0.05, 0.1) is 31.8 Å². The fraction of sp³-hybridized carbons (Fsp3) is 0.723. The summed E-state index contributed by atoms with van der Waals surface area (Å²) in [6.45, 7) is 2.61. The van der Waals surface area contributed by atoms with Crippen molar-refractivity contribution in [2.75, 3.05) is 32.8 Å². The Balaban J connectivity index is 3.64. The van der Waals surface area contributed by atoms with E-state index in [9.17, 15) is 73.2 Å². The fourth-order valence-electron chi connectivity index (χ4n) is 7.34. The van der Waals surface area contributed by atoms with Gasteiger partial charge in [-0.15, -0.1) is 0 Å². The highest BCUT2D eigenvalue weighted by Gasteiger charge is 2.36. The highest BCUT2D eigenvalue weighted by Crippen LogP contribution is 2.13. The van der Waals surface area contributed by atoms with E-state index >= 15 is 0 Å². The number of ether oxygens (including phenoxy) is 1. The Bertz CT molecular complexity index is 1900. The van der Waals surface area contributed by atoms with Gasteiger partial charge in [0.1, 0.15) is 48.6 Å². The number of carboxylic acid groups (broad SMARTS) is 1. The maximum absolute atomic E-state index is 13.8. The predicted molar refractivity (Wildman–Crippen MR) is 265 cm³/mol. The normalized spacial score (nSPS) is 24.2. The van der Waals surface area contributed by atoms with Gasteiger partial charge in [-0.25, -0.2) is 4.79 Å². The molecule has 1 rings (SSSR count). The Hall–Kier alpha value is -6.29. The van der Waals surface area contributed by atoms with E-state index in [1.165, 1.54) is 32.6 Å². The van der Waals surface area contributed by atoms with Gasteiger partial charge in [0.2, 0.25) is 47.3 Å². The molecule has 0 aromatic rings. The average Bonchev–Trinajstić information content (AvgIpc) is 3.35. The van der Waals surface area contributed by atoms with Crippen LogP contribution in [0, 0.1) is 0 Å². The summed E-state index contributed by atoms with van der Waals surface area (Å²) in [5.41, 5.74) is 10.7. The number of nitrogens with two attached hydrogens (primary N) is 2. The number of aliphatic hydroxyl groups is 3.